The molecule has 2 aromatic carbocycles. The highest BCUT2D eigenvalue weighted by molar-refractivity contribution is 6.01. The summed E-state index contributed by atoms with van der Waals surface area (Å²) in [5, 5.41) is 22.9. The first-order valence-electron chi connectivity index (χ1n) is 6.94. The van der Waals surface area contributed by atoms with Gasteiger partial charge < -0.3 is 0 Å². The zero-order valence-electron chi connectivity index (χ0n) is 11.9. The van der Waals surface area contributed by atoms with Crippen LogP contribution >= 0.6 is 0 Å². The largest absolute Gasteiger partial charge is 0.477 e. The minimum Gasteiger partial charge on any atom is -0.293 e. The maximum atomic E-state index is 12.6. The third kappa shape index (κ3) is 2.09. The van der Waals surface area contributed by atoms with Crippen LogP contribution in [0.5, 0.6) is 0 Å². The van der Waals surface area contributed by atoms with Crippen molar-refractivity contribution in [2.24, 2.45) is 5.92 Å². The molecule has 0 heterocycles. The van der Waals surface area contributed by atoms with E-state index in [0.717, 1.165) is 0 Å². The van der Waals surface area contributed by atoms with Gasteiger partial charge in [0.1, 0.15) is 0 Å². The molecule has 0 saturated heterocycles. The van der Waals surface area contributed by atoms with E-state index in [-0.39, 0.29) is 5.56 Å². The summed E-state index contributed by atoms with van der Waals surface area (Å²) in [6.45, 7) is 0. The van der Waals surface area contributed by atoms with Crippen molar-refractivity contribution in [3.63, 3.8) is 0 Å². The molecule has 7 heteroatoms. The first-order chi connectivity index (χ1) is 11.0. The van der Waals surface area contributed by atoms with Crippen molar-refractivity contribution in [3.05, 3.63) is 92.0 Å². The summed E-state index contributed by atoms with van der Waals surface area (Å²) >= 11 is 0. The number of benzene rings is 2. The Hall–Kier alpha value is -3.09. The molecular formula is C16H12N2O5. The van der Waals surface area contributed by atoms with Crippen LogP contribution in [-0.2, 0) is 0 Å². The monoisotopic (exact) mass is 312 g/mol. The van der Waals surface area contributed by atoms with Gasteiger partial charge in [-0.2, -0.15) is 0 Å². The third-order valence-electron chi connectivity index (χ3n) is 4.22. The number of carbonyl (C=O) groups is 1. The summed E-state index contributed by atoms with van der Waals surface area (Å²) in [5.74, 6) is -2.95. The second-order valence-electron chi connectivity index (χ2n) is 5.39. The molecule has 0 spiro atoms. The summed E-state index contributed by atoms with van der Waals surface area (Å²) < 4.78 is 0. The van der Waals surface area contributed by atoms with Crippen LogP contribution in [-0.4, -0.2) is 21.3 Å². The quantitative estimate of drug-likeness (QED) is 0.365. The van der Waals surface area contributed by atoms with Crippen molar-refractivity contribution in [2.45, 2.75) is 11.6 Å². The van der Waals surface area contributed by atoms with Gasteiger partial charge in [-0.3, -0.25) is 25.0 Å². The van der Waals surface area contributed by atoms with Crippen LogP contribution in [0, 0.1) is 26.1 Å². The Morgan fingerprint density at radius 2 is 1.35 bits per heavy atom. The van der Waals surface area contributed by atoms with Crippen molar-refractivity contribution in [1.29, 1.82) is 0 Å². The molecule has 0 N–H and O–H groups in total. The number of Topliss-reactive ketones (excluding diaryl/α,β-unsaturated/α-hetero) is 1. The Morgan fingerprint density at radius 1 is 0.870 bits per heavy atom. The first kappa shape index (κ1) is 14.8. The predicted octanol–water partition coefficient (Wildman–Crippen LogP) is 2.53. The van der Waals surface area contributed by atoms with Gasteiger partial charge in [-0.15, -0.1) is 0 Å². The molecule has 0 amide bonds. The molecule has 2 atom stereocenters. The third-order valence-corrected chi connectivity index (χ3v) is 4.22. The molecular weight excluding hydrogens is 300 g/mol. The fraction of sp³-hybridized carbons (Fsp3) is 0.188. The average molecular weight is 312 g/mol. The summed E-state index contributed by atoms with van der Waals surface area (Å²) in [4.78, 5) is 33.7. The maximum absolute atomic E-state index is 12.6. The van der Waals surface area contributed by atoms with E-state index in [9.17, 15) is 25.0 Å². The zero-order valence-corrected chi connectivity index (χ0v) is 11.9. The molecule has 0 bridgehead atoms. The van der Waals surface area contributed by atoms with Crippen LogP contribution < -0.4 is 0 Å². The van der Waals surface area contributed by atoms with Gasteiger partial charge in [0.25, 0.3) is 0 Å². The topological polar surface area (TPSA) is 103 Å². The number of nitro groups is 2. The lowest BCUT2D eigenvalue weighted by Gasteiger charge is -2.01. The summed E-state index contributed by atoms with van der Waals surface area (Å²) in [6.07, 6.45) is 0. The van der Waals surface area contributed by atoms with Gasteiger partial charge >= 0.3 is 5.66 Å². The Kier molecular flexibility index (Phi) is 3.40. The van der Waals surface area contributed by atoms with Gasteiger partial charge in [0, 0.05) is 5.56 Å². The standard InChI is InChI=1S/C16H12N2O5/c19-15(12-9-5-2-6-10-12)14-13(11-7-3-1-4-8-11)16(14,17(20)21)18(22)23/h1-10,13-14H/t13-,14+/m0/s1. The van der Waals surface area contributed by atoms with E-state index < -0.39 is 33.1 Å². The van der Waals surface area contributed by atoms with Crippen LogP contribution in [0.2, 0.25) is 0 Å². The number of hydrogen-bond donors (Lipinski definition) is 0. The maximum Gasteiger partial charge on any atom is 0.477 e. The summed E-state index contributed by atoms with van der Waals surface area (Å²) in [7, 11) is 0. The fourth-order valence-electron chi connectivity index (χ4n) is 3.11. The van der Waals surface area contributed by atoms with Gasteiger partial charge in [0.15, 0.2) is 17.6 Å². The number of nitrogens with zero attached hydrogens (tertiary/aromatic N) is 2. The first-order valence-corrected chi connectivity index (χ1v) is 6.94. The van der Waals surface area contributed by atoms with Crippen LogP contribution in [0.15, 0.2) is 60.7 Å². The Bertz CT molecular complexity index is 762. The van der Waals surface area contributed by atoms with Crippen LogP contribution in [0.1, 0.15) is 21.8 Å². The highest BCUT2D eigenvalue weighted by Crippen LogP contribution is 2.60. The Morgan fingerprint density at radius 3 is 1.83 bits per heavy atom. The minimum absolute atomic E-state index is 0.240. The smallest absolute Gasteiger partial charge is 0.293 e. The lowest BCUT2D eigenvalue weighted by molar-refractivity contribution is -0.767. The van der Waals surface area contributed by atoms with Crippen LogP contribution in [0.25, 0.3) is 0 Å². The minimum atomic E-state index is -2.49. The van der Waals surface area contributed by atoms with Gasteiger partial charge in [-0.25, -0.2) is 0 Å². The number of rotatable bonds is 5. The molecule has 23 heavy (non-hydrogen) atoms. The lowest BCUT2D eigenvalue weighted by atomic mass is 10.0. The summed E-state index contributed by atoms with van der Waals surface area (Å²) in [5.41, 5.74) is -1.83. The normalized spacial score (nSPS) is 21.4. The molecule has 0 radical (unpaired) electrons. The molecule has 0 aliphatic heterocycles. The van der Waals surface area contributed by atoms with Crippen molar-refractivity contribution >= 4 is 5.78 Å². The van der Waals surface area contributed by atoms with E-state index in [1.54, 1.807) is 48.5 Å². The molecule has 7 nitrogen and oxygen atoms in total. The molecule has 1 fully saturated rings. The molecule has 1 aliphatic rings. The predicted molar refractivity (Wildman–Crippen MR) is 80.2 cm³/mol. The Balaban J connectivity index is 2.08. The molecule has 116 valence electrons. The molecule has 0 unspecified atom stereocenters. The number of hydrogen-bond acceptors (Lipinski definition) is 5. The van der Waals surface area contributed by atoms with E-state index in [1.807, 2.05) is 0 Å². The SMILES string of the molecule is O=C(c1ccccc1)[C@H]1[C@H](c2ccccc2)C1([N+](=O)[O-])[N+](=O)[O-]. The van der Waals surface area contributed by atoms with Crippen molar-refractivity contribution < 1.29 is 14.6 Å². The van der Waals surface area contributed by atoms with E-state index in [4.69, 9.17) is 0 Å². The molecule has 3 rings (SSSR count). The van der Waals surface area contributed by atoms with Gasteiger partial charge in [0.05, 0.1) is 9.85 Å². The zero-order chi connectivity index (χ0) is 16.6. The van der Waals surface area contributed by atoms with E-state index >= 15 is 0 Å². The fourth-order valence-corrected chi connectivity index (χ4v) is 3.11. The van der Waals surface area contributed by atoms with E-state index in [1.165, 1.54) is 12.1 Å². The van der Waals surface area contributed by atoms with Crippen molar-refractivity contribution in [1.82, 2.24) is 0 Å². The van der Waals surface area contributed by atoms with E-state index in [0.29, 0.717) is 5.56 Å². The summed E-state index contributed by atoms with van der Waals surface area (Å²) in [6, 6.07) is 16.1. The number of carbonyl (C=O) groups excluding carboxylic acids is 1. The second kappa shape index (κ2) is 5.28. The Labute approximate surface area is 130 Å². The molecule has 1 aliphatic carbocycles. The molecule has 2 aromatic rings. The highest BCUT2D eigenvalue weighted by atomic mass is 16.7. The molecule has 1 saturated carbocycles. The molecule has 0 aromatic heterocycles. The number of ketones is 1. The lowest BCUT2D eigenvalue weighted by Crippen LogP contribution is -2.36. The van der Waals surface area contributed by atoms with Gasteiger partial charge in [-0.1, -0.05) is 60.7 Å². The van der Waals surface area contributed by atoms with E-state index in [2.05, 4.69) is 0 Å². The van der Waals surface area contributed by atoms with Gasteiger partial charge in [0.2, 0.25) is 0 Å². The van der Waals surface area contributed by atoms with Crippen molar-refractivity contribution in [2.75, 3.05) is 0 Å². The van der Waals surface area contributed by atoms with Gasteiger partial charge in [-0.05, 0) is 5.56 Å². The van der Waals surface area contributed by atoms with Crippen molar-refractivity contribution in [3.8, 4) is 0 Å². The van der Waals surface area contributed by atoms with Crippen LogP contribution in [0.3, 0.4) is 0 Å². The highest BCUT2D eigenvalue weighted by Gasteiger charge is 2.90. The van der Waals surface area contributed by atoms with Crippen LogP contribution in [0.4, 0.5) is 0 Å². The second-order valence-corrected chi connectivity index (χ2v) is 5.39. The average Bonchev–Trinajstić information content (AvgIpc) is 3.27.